The van der Waals surface area contributed by atoms with E-state index < -0.39 is 0 Å². The molecule has 2 N–H and O–H groups in total. The molecule has 0 radical (unpaired) electrons. The van der Waals surface area contributed by atoms with E-state index in [-0.39, 0.29) is 5.69 Å². The van der Waals surface area contributed by atoms with Crippen molar-refractivity contribution in [1.82, 2.24) is 15.0 Å². The fourth-order valence-electron chi connectivity index (χ4n) is 1.73. The zero-order valence-electron chi connectivity index (χ0n) is 9.73. The lowest BCUT2D eigenvalue weighted by Crippen LogP contribution is -1.99. The highest BCUT2D eigenvalue weighted by molar-refractivity contribution is 5.77. The number of fused-ring (bicyclic) bond motifs is 1. The second-order valence-electron chi connectivity index (χ2n) is 4.03. The van der Waals surface area contributed by atoms with Gasteiger partial charge in [-0.25, -0.2) is 9.78 Å². The van der Waals surface area contributed by atoms with Gasteiger partial charge in [-0.1, -0.05) is 17.7 Å². The van der Waals surface area contributed by atoms with Gasteiger partial charge in [-0.3, -0.25) is 4.98 Å². The van der Waals surface area contributed by atoms with Crippen molar-refractivity contribution in [2.24, 2.45) is 0 Å². The molecular weight excluding hydrogens is 230 g/mol. The number of hydrogen-bond donors (Lipinski definition) is 2. The summed E-state index contributed by atoms with van der Waals surface area (Å²) < 4.78 is 5.73. The number of hydrogen-bond acceptors (Lipinski definition) is 3. The van der Waals surface area contributed by atoms with E-state index in [2.05, 4.69) is 15.0 Å². The van der Waals surface area contributed by atoms with E-state index in [9.17, 15) is 4.79 Å². The van der Waals surface area contributed by atoms with E-state index in [1.165, 1.54) is 0 Å². The summed E-state index contributed by atoms with van der Waals surface area (Å²) in [6.45, 7) is 2.01. The van der Waals surface area contributed by atoms with Crippen LogP contribution in [0.5, 0.6) is 11.5 Å². The lowest BCUT2D eigenvalue weighted by Gasteiger charge is -2.06. The van der Waals surface area contributed by atoms with Gasteiger partial charge in [-0.2, -0.15) is 0 Å². The lowest BCUT2D eigenvalue weighted by atomic mass is 10.2. The molecule has 2 heterocycles. The van der Waals surface area contributed by atoms with Crippen LogP contribution in [-0.4, -0.2) is 15.0 Å². The standard InChI is InChI=1S/C13H11N3O2/c1-8-2-4-9(5-3-8)18-10-6-7-14-12-11(10)15-13(17)16-12/h2-7H,1H3,(H2,14,15,16,17). The van der Waals surface area contributed by atoms with Crippen molar-refractivity contribution in [3.05, 3.63) is 52.6 Å². The monoisotopic (exact) mass is 241 g/mol. The van der Waals surface area contributed by atoms with Crippen LogP contribution in [0.2, 0.25) is 0 Å². The summed E-state index contributed by atoms with van der Waals surface area (Å²) in [5.41, 5.74) is 1.93. The topological polar surface area (TPSA) is 70.8 Å². The molecule has 0 amide bonds. The zero-order valence-corrected chi connectivity index (χ0v) is 9.73. The fourth-order valence-corrected chi connectivity index (χ4v) is 1.73. The number of nitrogens with one attached hydrogen (secondary N) is 2. The number of aromatic amines is 2. The normalized spacial score (nSPS) is 10.7. The number of ether oxygens (including phenoxy) is 1. The van der Waals surface area contributed by atoms with Crippen molar-refractivity contribution < 1.29 is 4.74 Å². The van der Waals surface area contributed by atoms with Gasteiger partial charge in [0, 0.05) is 12.3 Å². The van der Waals surface area contributed by atoms with Gasteiger partial charge in [-0.15, -0.1) is 0 Å². The average Bonchev–Trinajstić information content (AvgIpc) is 2.73. The molecule has 90 valence electrons. The second-order valence-corrected chi connectivity index (χ2v) is 4.03. The first kappa shape index (κ1) is 10.6. The van der Waals surface area contributed by atoms with Crippen LogP contribution >= 0.6 is 0 Å². The Kier molecular flexibility index (Phi) is 2.37. The number of benzene rings is 1. The Bertz CT molecular complexity index is 741. The average molecular weight is 241 g/mol. The summed E-state index contributed by atoms with van der Waals surface area (Å²) in [6, 6.07) is 9.41. The third-order valence-electron chi connectivity index (χ3n) is 2.63. The van der Waals surface area contributed by atoms with Crippen molar-refractivity contribution in [2.45, 2.75) is 6.92 Å². The summed E-state index contributed by atoms with van der Waals surface area (Å²) in [6.07, 6.45) is 1.59. The number of aryl methyl sites for hydroxylation is 1. The molecule has 0 aliphatic carbocycles. The van der Waals surface area contributed by atoms with Crippen LogP contribution in [0.4, 0.5) is 0 Å². The summed E-state index contributed by atoms with van der Waals surface area (Å²) in [7, 11) is 0. The van der Waals surface area contributed by atoms with E-state index in [4.69, 9.17) is 4.74 Å². The Morgan fingerprint density at radius 1 is 1.11 bits per heavy atom. The minimum absolute atomic E-state index is 0.294. The predicted octanol–water partition coefficient (Wildman–Crippen LogP) is 2.35. The largest absolute Gasteiger partial charge is 0.455 e. The summed E-state index contributed by atoms with van der Waals surface area (Å²) in [4.78, 5) is 20.5. The van der Waals surface area contributed by atoms with Crippen molar-refractivity contribution >= 4 is 11.2 Å². The molecule has 2 aromatic heterocycles. The van der Waals surface area contributed by atoms with Crippen molar-refractivity contribution in [3.8, 4) is 11.5 Å². The Labute approximate surface area is 102 Å². The Balaban J connectivity index is 2.04. The van der Waals surface area contributed by atoms with Crippen LogP contribution in [0.25, 0.3) is 11.2 Å². The lowest BCUT2D eigenvalue weighted by molar-refractivity contribution is 0.486. The van der Waals surface area contributed by atoms with Gasteiger partial charge in [0.2, 0.25) is 0 Å². The molecule has 3 aromatic rings. The smallest absolute Gasteiger partial charge is 0.325 e. The molecule has 0 aliphatic rings. The number of H-pyrrole nitrogens is 2. The fraction of sp³-hybridized carbons (Fsp3) is 0.0769. The number of nitrogens with zero attached hydrogens (tertiary/aromatic N) is 1. The van der Waals surface area contributed by atoms with Crippen LogP contribution in [0.1, 0.15) is 5.56 Å². The second kappa shape index (κ2) is 4.03. The summed E-state index contributed by atoms with van der Waals surface area (Å²) in [5.74, 6) is 1.29. The molecule has 0 fully saturated rings. The van der Waals surface area contributed by atoms with Crippen LogP contribution in [-0.2, 0) is 0 Å². The first-order valence-electron chi connectivity index (χ1n) is 5.54. The highest BCUT2D eigenvalue weighted by Crippen LogP contribution is 2.25. The molecule has 0 bridgehead atoms. The molecule has 18 heavy (non-hydrogen) atoms. The molecule has 3 rings (SSSR count). The number of aromatic nitrogens is 3. The number of rotatable bonds is 2. The first-order valence-corrected chi connectivity index (χ1v) is 5.54. The highest BCUT2D eigenvalue weighted by atomic mass is 16.5. The highest BCUT2D eigenvalue weighted by Gasteiger charge is 2.07. The number of pyridine rings is 1. The van der Waals surface area contributed by atoms with Crippen molar-refractivity contribution in [3.63, 3.8) is 0 Å². The van der Waals surface area contributed by atoms with E-state index in [1.807, 2.05) is 31.2 Å². The van der Waals surface area contributed by atoms with Gasteiger partial charge in [0.25, 0.3) is 0 Å². The molecular formula is C13H11N3O2. The molecule has 0 saturated heterocycles. The molecule has 5 nitrogen and oxygen atoms in total. The maximum atomic E-state index is 11.2. The molecule has 0 unspecified atom stereocenters. The van der Waals surface area contributed by atoms with Gasteiger partial charge in [0.1, 0.15) is 11.3 Å². The van der Waals surface area contributed by atoms with Gasteiger partial charge >= 0.3 is 5.69 Å². The Morgan fingerprint density at radius 3 is 2.67 bits per heavy atom. The quantitative estimate of drug-likeness (QED) is 0.723. The minimum Gasteiger partial charge on any atom is -0.455 e. The third-order valence-corrected chi connectivity index (χ3v) is 2.63. The van der Waals surface area contributed by atoms with Gasteiger partial charge in [-0.05, 0) is 19.1 Å². The minimum atomic E-state index is -0.294. The molecule has 0 atom stereocenters. The molecule has 0 aliphatic heterocycles. The van der Waals surface area contributed by atoms with Crippen LogP contribution in [0.15, 0.2) is 41.3 Å². The Hall–Kier alpha value is -2.56. The molecule has 5 heteroatoms. The van der Waals surface area contributed by atoms with E-state index in [0.717, 1.165) is 11.3 Å². The third kappa shape index (κ3) is 1.86. The van der Waals surface area contributed by atoms with Crippen LogP contribution in [0.3, 0.4) is 0 Å². The SMILES string of the molecule is Cc1ccc(Oc2ccnc3[nH]c(=O)[nH]c23)cc1. The van der Waals surface area contributed by atoms with E-state index >= 15 is 0 Å². The van der Waals surface area contributed by atoms with Gasteiger partial charge < -0.3 is 9.72 Å². The van der Waals surface area contributed by atoms with E-state index in [1.54, 1.807) is 12.3 Å². The zero-order chi connectivity index (χ0) is 12.5. The first-order chi connectivity index (χ1) is 8.72. The number of imidazole rings is 1. The Morgan fingerprint density at radius 2 is 1.89 bits per heavy atom. The predicted molar refractivity (Wildman–Crippen MR) is 68.0 cm³/mol. The van der Waals surface area contributed by atoms with Crippen LogP contribution < -0.4 is 10.4 Å². The maximum Gasteiger partial charge on any atom is 0.325 e. The van der Waals surface area contributed by atoms with E-state index in [0.29, 0.717) is 16.9 Å². The maximum absolute atomic E-state index is 11.2. The van der Waals surface area contributed by atoms with Crippen molar-refractivity contribution in [2.75, 3.05) is 0 Å². The van der Waals surface area contributed by atoms with Crippen molar-refractivity contribution in [1.29, 1.82) is 0 Å². The summed E-state index contributed by atoms with van der Waals surface area (Å²) in [5, 5.41) is 0. The van der Waals surface area contributed by atoms with Crippen LogP contribution in [0, 0.1) is 6.92 Å². The molecule has 0 spiro atoms. The summed E-state index contributed by atoms with van der Waals surface area (Å²) >= 11 is 0. The van der Waals surface area contributed by atoms with Gasteiger partial charge in [0.05, 0.1) is 0 Å². The van der Waals surface area contributed by atoms with Gasteiger partial charge in [0.15, 0.2) is 11.4 Å². The molecule has 0 saturated carbocycles. The molecule has 1 aromatic carbocycles.